The Hall–Kier alpha value is -4.82. The third-order valence-electron chi connectivity index (χ3n) is 6.11. The van der Waals surface area contributed by atoms with Crippen LogP contribution in [0.1, 0.15) is 5.56 Å². The standard InChI is InChI=1S/C31H30N6O2/c1-36(2)14-15-39-28-9-4-7-24(18-28)25-17-26(20-33-19-25)29-10-5-11-31(35-29)37(30-12-13-32-22-34-30)21-23-6-3-8-27(38)16-23/h3-13,16-20,22,38H,14-15,21H2,1-2H3. The third-order valence-corrected chi connectivity index (χ3v) is 6.11. The summed E-state index contributed by atoms with van der Waals surface area (Å²) in [6.07, 6.45) is 6.88. The van der Waals surface area contributed by atoms with E-state index in [4.69, 9.17) is 9.72 Å². The van der Waals surface area contributed by atoms with Crippen molar-refractivity contribution in [1.82, 2.24) is 24.8 Å². The number of aromatic nitrogens is 4. The first kappa shape index (κ1) is 25.8. The zero-order chi connectivity index (χ0) is 27.0. The van der Waals surface area contributed by atoms with Gasteiger partial charge in [-0.1, -0.05) is 30.3 Å². The van der Waals surface area contributed by atoms with E-state index in [-0.39, 0.29) is 5.75 Å². The van der Waals surface area contributed by atoms with Crippen LogP contribution in [-0.2, 0) is 6.54 Å². The lowest BCUT2D eigenvalue weighted by Crippen LogP contribution is -2.19. The fraction of sp³-hybridized carbons (Fsp3) is 0.161. The highest BCUT2D eigenvalue weighted by Gasteiger charge is 2.15. The maximum absolute atomic E-state index is 9.98. The second-order valence-electron chi connectivity index (χ2n) is 9.35. The summed E-state index contributed by atoms with van der Waals surface area (Å²) in [7, 11) is 4.05. The Balaban J connectivity index is 1.44. The van der Waals surface area contributed by atoms with E-state index in [1.165, 1.54) is 6.33 Å². The fourth-order valence-electron chi connectivity index (χ4n) is 4.14. The molecule has 0 aliphatic carbocycles. The SMILES string of the molecule is CN(C)CCOc1cccc(-c2cncc(-c3cccc(N(Cc4cccc(O)c4)c4ccncn4)n3)c2)c1. The van der Waals surface area contributed by atoms with E-state index in [0.717, 1.165) is 46.1 Å². The molecular formula is C31H30N6O2. The van der Waals surface area contributed by atoms with E-state index in [2.05, 4.69) is 32.0 Å². The summed E-state index contributed by atoms with van der Waals surface area (Å²) in [6.45, 7) is 1.94. The summed E-state index contributed by atoms with van der Waals surface area (Å²) in [4.78, 5) is 22.1. The molecule has 0 bridgehead atoms. The second-order valence-corrected chi connectivity index (χ2v) is 9.35. The second kappa shape index (κ2) is 12.1. The number of rotatable bonds is 10. The van der Waals surface area contributed by atoms with Gasteiger partial charge in [-0.15, -0.1) is 0 Å². The minimum Gasteiger partial charge on any atom is -0.508 e. The maximum atomic E-state index is 9.98. The normalized spacial score (nSPS) is 10.9. The largest absolute Gasteiger partial charge is 0.508 e. The van der Waals surface area contributed by atoms with Crippen LogP contribution in [-0.4, -0.2) is 57.2 Å². The van der Waals surface area contributed by atoms with Crippen molar-refractivity contribution in [2.45, 2.75) is 6.54 Å². The minimum absolute atomic E-state index is 0.215. The van der Waals surface area contributed by atoms with Crippen molar-refractivity contribution in [3.63, 3.8) is 0 Å². The molecule has 5 aromatic rings. The van der Waals surface area contributed by atoms with Crippen LogP contribution in [0.25, 0.3) is 22.4 Å². The molecule has 0 saturated heterocycles. The molecule has 196 valence electrons. The van der Waals surface area contributed by atoms with Gasteiger partial charge in [0.15, 0.2) is 0 Å². The van der Waals surface area contributed by atoms with Crippen molar-refractivity contribution in [3.05, 3.63) is 109 Å². The molecule has 0 saturated carbocycles. The molecular weight excluding hydrogens is 488 g/mol. The lowest BCUT2D eigenvalue weighted by molar-refractivity contribution is 0.261. The highest BCUT2D eigenvalue weighted by Crippen LogP contribution is 2.30. The number of phenols is 1. The number of benzene rings is 2. The summed E-state index contributed by atoms with van der Waals surface area (Å²) in [5, 5.41) is 9.98. The molecule has 2 aromatic carbocycles. The molecule has 0 unspecified atom stereocenters. The van der Waals surface area contributed by atoms with Gasteiger partial charge in [-0.05, 0) is 73.8 Å². The Kier molecular flexibility index (Phi) is 8.04. The van der Waals surface area contributed by atoms with E-state index >= 15 is 0 Å². The van der Waals surface area contributed by atoms with Gasteiger partial charge in [-0.3, -0.25) is 4.98 Å². The van der Waals surface area contributed by atoms with Crippen LogP contribution < -0.4 is 9.64 Å². The molecule has 0 spiro atoms. The van der Waals surface area contributed by atoms with Crippen LogP contribution in [0.4, 0.5) is 11.6 Å². The van der Waals surface area contributed by atoms with E-state index in [1.54, 1.807) is 18.3 Å². The first-order valence-corrected chi connectivity index (χ1v) is 12.7. The molecule has 0 aliphatic heterocycles. The van der Waals surface area contributed by atoms with Gasteiger partial charge in [0, 0.05) is 36.3 Å². The number of nitrogens with zero attached hydrogens (tertiary/aromatic N) is 6. The molecule has 5 rings (SSSR count). The van der Waals surface area contributed by atoms with E-state index in [0.29, 0.717) is 19.0 Å². The maximum Gasteiger partial charge on any atom is 0.137 e. The zero-order valence-electron chi connectivity index (χ0n) is 22.0. The Labute approximate surface area is 228 Å². The van der Waals surface area contributed by atoms with Crippen molar-refractivity contribution in [2.75, 3.05) is 32.1 Å². The molecule has 3 heterocycles. The molecule has 0 radical (unpaired) electrons. The lowest BCUT2D eigenvalue weighted by Gasteiger charge is -2.23. The van der Waals surface area contributed by atoms with Crippen LogP contribution in [0.5, 0.6) is 11.5 Å². The number of phenolic OH excluding ortho intramolecular Hbond substituents is 1. The topological polar surface area (TPSA) is 87.5 Å². The van der Waals surface area contributed by atoms with Gasteiger partial charge >= 0.3 is 0 Å². The molecule has 0 aliphatic rings. The van der Waals surface area contributed by atoms with Gasteiger partial charge in [-0.2, -0.15) is 0 Å². The number of anilines is 2. The Morgan fingerprint density at radius 3 is 2.46 bits per heavy atom. The number of pyridine rings is 2. The predicted molar refractivity (Wildman–Crippen MR) is 153 cm³/mol. The highest BCUT2D eigenvalue weighted by atomic mass is 16.5. The van der Waals surface area contributed by atoms with Crippen molar-refractivity contribution in [3.8, 4) is 33.9 Å². The van der Waals surface area contributed by atoms with Crippen molar-refractivity contribution < 1.29 is 9.84 Å². The van der Waals surface area contributed by atoms with Gasteiger partial charge in [0.05, 0.1) is 12.2 Å². The Morgan fingerprint density at radius 1 is 0.795 bits per heavy atom. The number of aromatic hydroxyl groups is 1. The molecule has 0 atom stereocenters. The summed E-state index contributed by atoms with van der Waals surface area (Å²) < 4.78 is 5.93. The monoisotopic (exact) mass is 518 g/mol. The van der Waals surface area contributed by atoms with Crippen molar-refractivity contribution in [2.24, 2.45) is 0 Å². The average molecular weight is 519 g/mol. The van der Waals surface area contributed by atoms with Crippen LogP contribution in [0, 0.1) is 0 Å². The molecule has 8 heteroatoms. The molecule has 0 fully saturated rings. The van der Waals surface area contributed by atoms with Crippen LogP contribution >= 0.6 is 0 Å². The molecule has 1 N–H and O–H groups in total. The van der Waals surface area contributed by atoms with Gasteiger partial charge in [-0.25, -0.2) is 15.0 Å². The smallest absolute Gasteiger partial charge is 0.137 e. The highest BCUT2D eigenvalue weighted by molar-refractivity contribution is 5.72. The quantitative estimate of drug-likeness (QED) is 0.256. The molecule has 0 amide bonds. The lowest BCUT2D eigenvalue weighted by atomic mass is 10.0. The van der Waals surface area contributed by atoms with Crippen molar-refractivity contribution in [1.29, 1.82) is 0 Å². The number of hydrogen-bond acceptors (Lipinski definition) is 8. The van der Waals surface area contributed by atoms with E-state index in [9.17, 15) is 5.11 Å². The summed E-state index contributed by atoms with van der Waals surface area (Å²) in [5.41, 5.74) is 4.61. The average Bonchev–Trinajstić information content (AvgIpc) is 2.96. The first-order chi connectivity index (χ1) is 19.0. The number of hydrogen-bond donors (Lipinski definition) is 1. The zero-order valence-corrected chi connectivity index (χ0v) is 22.0. The van der Waals surface area contributed by atoms with Gasteiger partial charge in [0.1, 0.15) is 36.1 Å². The number of likely N-dealkylation sites (N-methyl/N-ethyl adjacent to an activating group) is 1. The molecule has 8 nitrogen and oxygen atoms in total. The summed E-state index contributed by atoms with van der Waals surface area (Å²) in [5.74, 6) is 2.46. The Bertz CT molecular complexity index is 1530. The Morgan fingerprint density at radius 2 is 1.64 bits per heavy atom. The van der Waals surface area contributed by atoms with Gasteiger partial charge < -0.3 is 19.6 Å². The summed E-state index contributed by atoms with van der Waals surface area (Å²) >= 11 is 0. The van der Waals surface area contributed by atoms with E-state index in [1.807, 2.05) is 86.0 Å². The molecule has 3 aromatic heterocycles. The third kappa shape index (κ3) is 6.74. The van der Waals surface area contributed by atoms with Crippen molar-refractivity contribution >= 4 is 11.6 Å². The van der Waals surface area contributed by atoms with E-state index < -0.39 is 0 Å². The summed E-state index contributed by atoms with van der Waals surface area (Å²) in [6, 6.07) is 25.0. The fourth-order valence-corrected chi connectivity index (χ4v) is 4.14. The van der Waals surface area contributed by atoms with Crippen LogP contribution in [0.3, 0.4) is 0 Å². The predicted octanol–water partition coefficient (Wildman–Crippen LogP) is 5.58. The van der Waals surface area contributed by atoms with Gasteiger partial charge in [0.25, 0.3) is 0 Å². The van der Waals surface area contributed by atoms with Gasteiger partial charge in [0.2, 0.25) is 0 Å². The minimum atomic E-state index is 0.215. The van der Waals surface area contributed by atoms with Crippen LogP contribution in [0.15, 0.2) is 104 Å². The first-order valence-electron chi connectivity index (χ1n) is 12.7. The number of ether oxygens (including phenoxy) is 1. The molecule has 39 heavy (non-hydrogen) atoms. The van der Waals surface area contributed by atoms with Crippen LogP contribution in [0.2, 0.25) is 0 Å².